The van der Waals surface area contributed by atoms with Crippen molar-refractivity contribution in [2.45, 2.75) is 26.4 Å². The van der Waals surface area contributed by atoms with Crippen molar-refractivity contribution in [1.82, 2.24) is 0 Å². The minimum atomic E-state index is -0.933. The summed E-state index contributed by atoms with van der Waals surface area (Å²) in [4.78, 5) is 10.3. The van der Waals surface area contributed by atoms with Crippen LogP contribution in [0.25, 0.3) is 6.08 Å². The first-order valence-corrected chi connectivity index (χ1v) is 5.80. The van der Waals surface area contributed by atoms with Crippen LogP contribution < -0.4 is 0 Å². The van der Waals surface area contributed by atoms with Crippen molar-refractivity contribution in [3.05, 3.63) is 41.5 Å². The first-order valence-electron chi connectivity index (χ1n) is 5.80. The van der Waals surface area contributed by atoms with E-state index in [1.54, 1.807) is 6.08 Å². The molecule has 0 saturated heterocycles. The van der Waals surface area contributed by atoms with Crippen molar-refractivity contribution in [3.8, 4) is 0 Å². The van der Waals surface area contributed by atoms with Gasteiger partial charge in [-0.05, 0) is 23.6 Å². The zero-order chi connectivity index (χ0) is 12.5. The Balaban J connectivity index is 2.42. The van der Waals surface area contributed by atoms with E-state index in [1.807, 2.05) is 24.3 Å². The molecule has 3 heteroatoms. The van der Waals surface area contributed by atoms with Crippen molar-refractivity contribution < 1.29 is 14.6 Å². The molecule has 0 fully saturated rings. The number of carboxylic acid groups (broad SMARTS) is 1. The van der Waals surface area contributed by atoms with Crippen molar-refractivity contribution in [2.75, 3.05) is 6.61 Å². The van der Waals surface area contributed by atoms with Gasteiger partial charge in [0.05, 0.1) is 6.61 Å². The lowest BCUT2D eigenvalue weighted by Crippen LogP contribution is -1.94. The molecule has 0 amide bonds. The molecular weight excluding hydrogens is 216 g/mol. The summed E-state index contributed by atoms with van der Waals surface area (Å²) in [5, 5.41) is 8.49. The summed E-state index contributed by atoms with van der Waals surface area (Å²) in [5.74, 6) is -0.933. The number of ether oxygens (including phenoxy) is 1. The number of rotatable bonds is 7. The Morgan fingerprint density at radius 1 is 1.35 bits per heavy atom. The molecule has 0 spiro atoms. The van der Waals surface area contributed by atoms with E-state index in [-0.39, 0.29) is 0 Å². The third-order valence-corrected chi connectivity index (χ3v) is 2.31. The van der Waals surface area contributed by atoms with Gasteiger partial charge in [-0.1, -0.05) is 37.6 Å². The van der Waals surface area contributed by atoms with E-state index in [9.17, 15) is 4.79 Å². The minimum Gasteiger partial charge on any atom is -0.478 e. The zero-order valence-electron chi connectivity index (χ0n) is 10.1. The number of aliphatic carboxylic acids is 1. The largest absolute Gasteiger partial charge is 0.478 e. The van der Waals surface area contributed by atoms with Gasteiger partial charge in [-0.25, -0.2) is 4.79 Å². The second-order valence-electron chi connectivity index (χ2n) is 3.82. The Labute approximate surface area is 102 Å². The van der Waals surface area contributed by atoms with Gasteiger partial charge in [-0.2, -0.15) is 0 Å². The monoisotopic (exact) mass is 234 g/mol. The van der Waals surface area contributed by atoms with E-state index in [4.69, 9.17) is 9.84 Å². The molecule has 0 radical (unpaired) electrons. The summed E-state index contributed by atoms with van der Waals surface area (Å²) in [6.07, 6.45) is 4.93. The fourth-order valence-electron chi connectivity index (χ4n) is 1.33. The second kappa shape index (κ2) is 7.63. The predicted octanol–water partition coefficient (Wildman–Crippen LogP) is 3.10. The van der Waals surface area contributed by atoms with Crippen molar-refractivity contribution in [2.24, 2.45) is 0 Å². The average molecular weight is 234 g/mol. The van der Waals surface area contributed by atoms with Gasteiger partial charge in [0, 0.05) is 12.7 Å². The highest BCUT2D eigenvalue weighted by molar-refractivity contribution is 5.85. The topological polar surface area (TPSA) is 46.5 Å². The summed E-state index contributed by atoms with van der Waals surface area (Å²) >= 11 is 0. The van der Waals surface area contributed by atoms with Gasteiger partial charge >= 0.3 is 5.97 Å². The van der Waals surface area contributed by atoms with E-state index in [1.165, 1.54) is 0 Å². The maximum atomic E-state index is 10.3. The second-order valence-corrected chi connectivity index (χ2v) is 3.82. The molecule has 0 bridgehead atoms. The maximum Gasteiger partial charge on any atom is 0.328 e. The third kappa shape index (κ3) is 5.88. The van der Waals surface area contributed by atoms with Gasteiger partial charge in [0.15, 0.2) is 0 Å². The fraction of sp³-hybridized carbons (Fsp3) is 0.357. The normalized spacial score (nSPS) is 10.9. The lowest BCUT2D eigenvalue weighted by atomic mass is 10.1. The molecule has 1 aromatic carbocycles. The molecule has 0 aromatic heterocycles. The van der Waals surface area contributed by atoms with Crippen molar-refractivity contribution in [1.29, 1.82) is 0 Å². The Hall–Kier alpha value is -1.61. The molecule has 17 heavy (non-hydrogen) atoms. The molecule has 0 heterocycles. The molecule has 92 valence electrons. The lowest BCUT2D eigenvalue weighted by molar-refractivity contribution is -0.131. The Bertz CT molecular complexity index is 366. The maximum absolute atomic E-state index is 10.3. The van der Waals surface area contributed by atoms with Crippen LogP contribution in [-0.4, -0.2) is 17.7 Å². The molecule has 1 aromatic rings. The highest BCUT2D eigenvalue weighted by Crippen LogP contribution is 2.07. The van der Waals surface area contributed by atoms with Crippen LogP contribution in [0.15, 0.2) is 30.3 Å². The standard InChI is InChI=1S/C14H18O3/c1-2-3-10-17-11-13-6-4-12(5-7-13)8-9-14(15)16/h4-9H,2-3,10-11H2,1H3,(H,15,16)/b9-8+. The summed E-state index contributed by atoms with van der Waals surface area (Å²) in [6.45, 7) is 3.53. The van der Waals surface area contributed by atoms with Crippen LogP contribution in [0, 0.1) is 0 Å². The van der Waals surface area contributed by atoms with Crippen LogP contribution in [0.5, 0.6) is 0 Å². The predicted molar refractivity (Wildman–Crippen MR) is 67.7 cm³/mol. The zero-order valence-corrected chi connectivity index (χ0v) is 10.1. The summed E-state index contributed by atoms with van der Waals surface area (Å²) in [5.41, 5.74) is 1.98. The van der Waals surface area contributed by atoms with Crippen LogP contribution in [0.3, 0.4) is 0 Å². The Kier molecular flexibility index (Phi) is 6.04. The molecule has 0 aliphatic carbocycles. The molecule has 3 nitrogen and oxygen atoms in total. The fourth-order valence-corrected chi connectivity index (χ4v) is 1.33. The number of hydrogen-bond acceptors (Lipinski definition) is 2. The van der Waals surface area contributed by atoms with E-state index < -0.39 is 5.97 Å². The van der Waals surface area contributed by atoms with Gasteiger partial charge in [-0.3, -0.25) is 0 Å². The van der Waals surface area contributed by atoms with Gasteiger partial charge < -0.3 is 9.84 Å². The Morgan fingerprint density at radius 2 is 2.06 bits per heavy atom. The van der Waals surface area contributed by atoms with Gasteiger partial charge in [0.1, 0.15) is 0 Å². The van der Waals surface area contributed by atoms with Crippen LogP contribution >= 0.6 is 0 Å². The molecule has 0 atom stereocenters. The van der Waals surface area contributed by atoms with Crippen LogP contribution in [-0.2, 0) is 16.1 Å². The molecule has 0 aliphatic heterocycles. The highest BCUT2D eigenvalue weighted by Gasteiger charge is 1.94. The van der Waals surface area contributed by atoms with E-state index >= 15 is 0 Å². The summed E-state index contributed by atoms with van der Waals surface area (Å²) in [7, 11) is 0. The van der Waals surface area contributed by atoms with Gasteiger partial charge in [0.25, 0.3) is 0 Å². The van der Waals surface area contributed by atoms with Crippen LogP contribution in [0.1, 0.15) is 30.9 Å². The SMILES string of the molecule is CCCCOCc1ccc(/C=C/C(=O)O)cc1. The molecular formula is C14H18O3. The molecule has 1 N–H and O–H groups in total. The van der Waals surface area contributed by atoms with Gasteiger partial charge in [0.2, 0.25) is 0 Å². The first kappa shape index (κ1) is 13.5. The number of unbranched alkanes of at least 4 members (excludes halogenated alkanes) is 1. The van der Waals surface area contributed by atoms with Crippen molar-refractivity contribution >= 4 is 12.0 Å². The number of hydrogen-bond donors (Lipinski definition) is 1. The number of carboxylic acids is 1. The molecule has 0 saturated carbocycles. The highest BCUT2D eigenvalue weighted by atomic mass is 16.5. The summed E-state index contributed by atoms with van der Waals surface area (Å²) in [6, 6.07) is 7.68. The summed E-state index contributed by atoms with van der Waals surface area (Å²) < 4.78 is 5.49. The molecule has 1 rings (SSSR count). The average Bonchev–Trinajstić information content (AvgIpc) is 2.33. The molecule has 0 aliphatic rings. The van der Waals surface area contributed by atoms with Crippen molar-refractivity contribution in [3.63, 3.8) is 0 Å². The van der Waals surface area contributed by atoms with E-state index in [0.717, 1.165) is 36.7 Å². The minimum absolute atomic E-state index is 0.614. The lowest BCUT2D eigenvalue weighted by Gasteiger charge is -2.03. The Morgan fingerprint density at radius 3 is 2.65 bits per heavy atom. The van der Waals surface area contributed by atoms with E-state index in [2.05, 4.69) is 6.92 Å². The van der Waals surface area contributed by atoms with Crippen LogP contribution in [0.4, 0.5) is 0 Å². The van der Waals surface area contributed by atoms with Gasteiger partial charge in [-0.15, -0.1) is 0 Å². The van der Waals surface area contributed by atoms with Crippen LogP contribution in [0.2, 0.25) is 0 Å². The quantitative estimate of drug-likeness (QED) is 0.582. The number of carbonyl (C=O) groups is 1. The smallest absolute Gasteiger partial charge is 0.328 e. The van der Waals surface area contributed by atoms with E-state index in [0.29, 0.717) is 6.61 Å². The molecule has 0 unspecified atom stereocenters. The number of benzene rings is 1. The first-order chi connectivity index (χ1) is 8.22. The third-order valence-electron chi connectivity index (χ3n) is 2.31.